The van der Waals surface area contributed by atoms with E-state index in [0.717, 1.165) is 38.8 Å². The molecule has 3 N–H and O–H groups in total. The van der Waals surface area contributed by atoms with Gasteiger partial charge in [0.15, 0.2) is 0 Å². The number of likely N-dealkylation sites (tertiary alicyclic amines) is 1. The van der Waals surface area contributed by atoms with Crippen molar-refractivity contribution in [3.05, 3.63) is 0 Å². The third-order valence-corrected chi connectivity index (χ3v) is 5.10. The van der Waals surface area contributed by atoms with Crippen molar-refractivity contribution in [2.45, 2.75) is 57.8 Å². The maximum atomic E-state index is 12.5. The lowest BCUT2D eigenvalue weighted by molar-refractivity contribution is -0.131. The SMILES string of the molecule is NCC1(C(=O)NCCN2CCCCC2)CCCCCC1. The molecule has 0 aromatic carbocycles. The van der Waals surface area contributed by atoms with Crippen LogP contribution in [-0.4, -0.2) is 43.5 Å². The average Bonchev–Trinajstić information content (AvgIpc) is 2.74. The molecule has 116 valence electrons. The molecule has 1 aliphatic heterocycles. The molecule has 2 aliphatic rings. The van der Waals surface area contributed by atoms with Crippen LogP contribution in [0.5, 0.6) is 0 Å². The van der Waals surface area contributed by atoms with Crippen LogP contribution in [0.25, 0.3) is 0 Å². The van der Waals surface area contributed by atoms with Crippen molar-refractivity contribution in [1.82, 2.24) is 10.2 Å². The van der Waals surface area contributed by atoms with E-state index >= 15 is 0 Å². The van der Waals surface area contributed by atoms with Crippen LogP contribution >= 0.6 is 0 Å². The molecule has 20 heavy (non-hydrogen) atoms. The number of hydrogen-bond acceptors (Lipinski definition) is 3. The number of nitrogens with zero attached hydrogens (tertiary/aromatic N) is 1. The number of amides is 1. The highest BCUT2D eigenvalue weighted by molar-refractivity contribution is 5.82. The lowest BCUT2D eigenvalue weighted by Gasteiger charge is -2.31. The Labute approximate surface area is 123 Å². The van der Waals surface area contributed by atoms with Gasteiger partial charge in [-0.1, -0.05) is 32.1 Å². The summed E-state index contributed by atoms with van der Waals surface area (Å²) in [7, 11) is 0. The quantitative estimate of drug-likeness (QED) is 0.757. The van der Waals surface area contributed by atoms with Crippen LogP contribution in [0.1, 0.15) is 57.8 Å². The van der Waals surface area contributed by atoms with Gasteiger partial charge in [0.2, 0.25) is 5.91 Å². The Balaban J connectivity index is 1.76. The monoisotopic (exact) mass is 281 g/mol. The Hall–Kier alpha value is -0.610. The van der Waals surface area contributed by atoms with Gasteiger partial charge in [-0.05, 0) is 38.8 Å². The standard InChI is InChI=1S/C16H31N3O/c17-14-16(8-4-1-2-5-9-16)15(20)18-10-13-19-11-6-3-7-12-19/h1-14,17H2,(H,18,20). The van der Waals surface area contributed by atoms with Crippen molar-refractivity contribution in [3.8, 4) is 0 Å². The van der Waals surface area contributed by atoms with Crippen molar-refractivity contribution in [2.75, 3.05) is 32.7 Å². The van der Waals surface area contributed by atoms with E-state index in [1.54, 1.807) is 0 Å². The number of piperidine rings is 1. The molecule has 0 radical (unpaired) electrons. The molecule has 0 unspecified atom stereocenters. The molecule has 2 rings (SSSR count). The van der Waals surface area contributed by atoms with Gasteiger partial charge >= 0.3 is 0 Å². The Morgan fingerprint density at radius 3 is 2.20 bits per heavy atom. The number of carbonyl (C=O) groups is 1. The Kier molecular flexibility index (Phi) is 6.30. The molecule has 0 aromatic heterocycles. The highest BCUT2D eigenvalue weighted by atomic mass is 16.2. The predicted octanol–water partition coefficient (Wildman–Crippen LogP) is 1.89. The summed E-state index contributed by atoms with van der Waals surface area (Å²) in [5.41, 5.74) is 5.67. The maximum absolute atomic E-state index is 12.5. The molecular weight excluding hydrogens is 250 g/mol. The molecule has 1 amide bonds. The van der Waals surface area contributed by atoms with E-state index in [1.165, 1.54) is 45.2 Å². The van der Waals surface area contributed by atoms with E-state index in [2.05, 4.69) is 10.2 Å². The van der Waals surface area contributed by atoms with Crippen LogP contribution in [-0.2, 0) is 4.79 Å². The minimum absolute atomic E-state index is 0.207. The van der Waals surface area contributed by atoms with Crippen LogP contribution in [0, 0.1) is 5.41 Å². The van der Waals surface area contributed by atoms with Gasteiger partial charge in [0.1, 0.15) is 0 Å². The van der Waals surface area contributed by atoms with E-state index in [0.29, 0.717) is 6.54 Å². The highest BCUT2D eigenvalue weighted by Crippen LogP contribution is 2.34. The van der Waals surface area contributed by atoms with Crippen molar-refractivity contribution in [2.24, 2.45) is 11.1 Å². The maximum Gasteiger partial charge on any atom is 0.227 e. The Morgan fingerprint density at radius 2 is 1.60 bits per heavy atom. The molecule has 1 heterocycles. The summed E-state index contributed by atoms with van der Waals surface area (Å²) in [6.07, 6.45) is 10.7. The first-order valence-electron chi connectivity index (χ1n) is 8.48. The van der Waals surface area contributed by atoms with Gasteiger partial charge in [-0.25, -0.2) is 0 Å². The summed E-state index contributed by atoms with van der Waals surface area (Å²) in [4.78, 5) is 15.0. The second-order valence-corrected chi connectivity index (χ2v) is 6.56. The average molecular weight is 281 g/mol. The summed E-state index contributed by atoms with van der Waals surface area (Å²) in [5.74, 6) is 0.207. The van der Waals surface area contributed by atoms with E-state index in [4.69, 9.17) is 5.73 Å². The second kappa shape index (κ2) is 7.99. The minimum Gasteiger partial charge on any atom is -0.354 e. The predicted molar refractivity (Wildman–Crippen MR) is 82.5 cm³/mol. The van der Waals surface area contributed by atoms with Crippen LogP contribution in [0.2, 0.25) is 0 Å². The second-order valence-electron chi connectivity index (χ2n) is 6.56. The summed E-state index contributed by atoms with van der Waals surface area (Å²) < 4.78 is 0. The summed E-state index contributed by atoms with van der Waals surface area (Å²) in [6.45, 7) is 4.66. The molecular formula is C16H31N3O. The fourth-order valence-electron chi connectivity index (χ4n) is 3.63. The Morgan fingerprint density at radius 1 is 1.00 bits per heavy atom. The van der Waals surface area contributed by atoms with Crippen molar-refractivity contribution in [3.63, 3.8) is 0 Å². The molecule has 1 saturated heterocycles. The number of rotatable bonds is 5. The smallest absolute Gasteiger partial charge is 0.227 e. The summed E-state index contributed by atoms with van der Waals surface area (Å²) in [5, 5.41) is 3.16. The summed E-state index contributed by atoms with van der Waals surface area (Å²) in [6, 6.07) is 0. The lowest BCUT2D eigenvalue weighted by Crippen LogP contribution is -2.48. The van der Waals surface area contributed by atoms with Gasteiger partial charge in [0.05, 0.1) is 5.41 Å². The number of nitrogens with one attached hydrogen (secondary N) is 1. The summed E-state index contributed by atoms with van der Waals surface area (Å²) >= 11 is 0. The van der Waals surface area contributed by atoms with Gasteiger partial charge in [-0.3, -0.25) is 4.79 Å². The molecule has 4 nitrogen and oxygen atoms in total. The fourth-order valence-corrected chi connectivity index (χ4v) is 3.63. The molecule has 0 bridgehead atoms. The zero-order valence-electron chi connectivity index (χ0n) is 12.8. The fraction of sp³-hybridized carbons (Fsp3) is 0.938. The normalized spacial score (nSPS) is 24.1. The Bertz CT molecular complexity index is 292. The third kappa shape index (κ3) is 4.19. The molecule has 0 spiro atoms. The van der Waals surface area contributed by atoms with E-state index < -0.39 is 0 Å². The first-order valence-corrected chi connectivity index (χ1v) is 8.48. The molecule has 0 aromatic rings. The first-order chi connectivity index (χ1) is 9.77. The largest absolute Gasteiger partial charge is 0.354 e. The third-order valence-electron chi connectivity index (χ3n) is 5.10. The zero-order chi connectivity index (χ0) is 14.3. The van der Waals surface area contributed by atoms with Gasteiger partial charge in [-0.15, -0.1) is 0 Å². The van der Waals surface area contributed by atoms with Gasteiger partial charge < -0.3 is 16.0 Å². The topological polar surface area (TPSA) is 58.4 Å². The van der Waals surface area contributed by atoms with E-state index in [1.807, 2.05) is 0 Å². The van der Waals surface area contributed by atoms with Gasteiger partial charge in [0.25, 0.3) is 0 Å². The minimum atomic E-state index is -0.279. The molecule has 0 atom stereocenters. The van der Waals surface area contributed by atoms with Crippen molar-refractivity contribution < 1.29 is 4.79 Å². The number of hydrogen-bond donors (Lipinski definition) is 2. The van der Waals surface area contributed by atoms with Crippen molar-refractivity contribution >= 4 is 5.91 Å². The van der Waals surface area contributed by atoms with Crippen LogP contribution in [0.4, 0.5) is 0 Å². The lowest BCUT2D eigenvalue weighted by atomic mass is 9.79. The van der Waals surface area contributed by atoms with Gasteiger partial charge in [0, 0.05) is 19.6 Å². The van der Waals surface area contributed by atoms with Crippen LogP contribution < -0.4 is 11.1 Å². The number of carbonyl (C=O) groups excluding carboxylic acids is 1. The van der Waals surface area contributed by atoms with E-state index in [-0.39, 0.29) is 11.3 Å². The number of nitrogens with two attached hydrogens (primary N) is 1. The molecule has 4 heteroatoms. The first kappa shape index (κ1) is 15.8. The van der Waals surface area contributed by atoms with Crippen molar-refractivity contribution in [1.29, 1.82) is 0 Å². The molecule has 1 aliphatic carbocycles. The van der Waals surface area contributed by atoms with E-state index in [9.17, 15) is 4.79 Å². The molecule has 1 saturated carbocycles. The zero-order valence-corrected chi connectivity index (χ0v) is 12.8. The molecule has 2 fully saturated rings. The van der Waals surface area contributed by atoms with Gasteiger partial charge in [-0.2, -0.15) is 0 Å². The van der Waals surface area contributed by atoms with Crippen LogP contribution in [0.3, 0.4) is 0 Å². The highest BCUT2D eigenvalue weighted by Gasteiger charge is 2.36. The van der Waals surface area contributed by atoms with Crippen LogP contribution in [0.15, 0.2) is 0 Å².